The van der Waals surface area contributed by atoms with E-state index in [1.807, 2.05) is 12.1 Å². The highest BCUT2D eigenvalue weighted by molar-refractivity contribution is 5.30. The molecule has 0 bridgehead atoms. The van der Waals surface area contributed by atoms with Gasteiger partial charge in [0.15, 0.2) is 0 Å². The molecule has 0 aliphatic carbocycles. The van der Waals surface area contributed by atoms with Crippen molar-refractivity contribution in [2.45, 2.75) is 38.5 Å². The van der Waals surface area contributed by atoms with Gasteiger partial charge in [0, 0.05) is 18.5 Å². The fraction of sp³-hybridized carbons (Fsp3) is 0.600. The summed E-state index contributed by atoms with van der Waals surface area (Å²) in [6, 6.07) is 7.06. The van der Waals surface area contributed by atoms with Gasteiger partial charge in [-0.25, -0.2) is 4.39 Å². The molecule has 1 N–H and O–H groups in total. The van der Waals surface area contributed by atoms with E-state index in [-0.39, 0.29) is 11.2 Å². The van der Waals surface area contributed by atoms with Gasteiger partial charge in [-0.2, -0.15) is 0 Å². The lowest BCUT2D eigenvalue weighted by atomic mass is 9.71. The Hall–Kier alpha value is -0.890. The van der Waals surface area contributed by atoms with Gasteiger partial charge in [-0.15, -0.1) is 0 Å². The number of hydrogen-bond acceptors (Lipinski definition) is 1. The van der Waals surface area contributed by atoms with Gasteiger partial charge in [0.2, 0.25) is 0 Å². The molecule has 17 heavy (non-hydrogen) atoms. The van der Waals surface area contributed by atoms with Gasteiger partial charge in [-0.05, 0) is 30.0 Å². The van der Waals surface area contributed by atoms with Gasteiger partial charge < -0.3 is 5.32 Å². The van der Waals surface area contributed by atoms with Gasteiger partial charge in [0.25, 0.3) is 0 Å². The van der Waals surface area contributed by atoms with Crippen LogP contribution < -0.4 is 5.32 Å². The molecular weight excluding hydrogens is 213 g/mol. The second kappa shape index (κ2) is 5.18. The van der Waals surface area contributed by atoms with Crippen molar-refractivity contribution in [1.82, 2.24) is 5.32 Å². The Balaban J connectivity index is 2.01. The second-order valence-electron chi connectivity index (χ2n) is 5.68. The zero-order valence-electron chi connectivity index (χ0n) is 10.8. The Morgan fingerprint density at radius 1 is 1.24 bits per heavy atom. The molecule has 1 saturated heterocycles. The first-order chi connectivity index (χ1) is 8.12. The van der Waals surface area contributed by atoms with E-state index in [9.17, 15) is 4.39 Å². The molecule has 1 fully saturated rings. The maximum absolute atomic E-state index is 12.9. The van der Waals surface area contributed by atoms with E-state index < -0.39 is 0 Å². The summed E-state index contributed by atoms with van der Waals surface area (Å²) in [5, 5.41) is 3.36. The number of rotatable bonds is 5. The average Bonchev–Trinajstić information content (AvgIpc) is 2.23. The normalized spacial score (nSPS) is 18.1. The van der Waals surface area contributed by atoms with Crippen molar-refractivity contribution in [2.24, 2.45) is 5.92 Å². The third-order valence-electron chi connectivity index (χ3n) is 3.82. The minimum atomic E-state index is -0.140. The maximum atomic E-state index is 12.9. The van der Waals surface area contributed by atoms with Crippen LogP contribution in [0.3, 0.4) is 0 Å². The summed E-state index contributed by atoms with van der Waals surface area (Å²) in [7, 11) is 0. The Labute approximate surface area is 103 Å². The monoisotopic (exact) mass is 235 g/mol. The molecule has 1 aromatic carbocycles. The van der Waals surface area contributed by atoms with E-state index in [1.165, 1.54) is 24.8 Å². The van der Waals surface area contributed by atoms with Crippen LogP contribution in [0.15, 0.2) is 24.3 Å². The van der Waals surface area contributed by atoms with Crippen LogP contribution in [0.1, 0.15) is 38.7 Å². The predicted molar refractivity (Wildman–Crippen MR) is 69.6 cm³/mol. The van der Waals surface area contributed by atoms with Crippen LogP contribution in [-0.2, 0) is 5.41 Å². The molecule has 0 saturated carbocycles. The summed E-state index contributed by atoms with van der Waals surface area (Å²) in [6.07, 6.45) is 3.75. The first-order valence-corrected chi connectivity index (χ1v) is 6.59. The van der Waals surface area contributed by atoms with E-state index >= 15 is 0 Å². The number of nitrogens with one attached hydrogen (secondary N) is 1. The van der Waals surface area contributed by atoms with Crippen molar-refractivity contribution in [1.29, 1.82) is 0 Å². The lowest BCUT2D eigenvalue weighted by Gasteiger charge is -2.43. The molecule has 0 amide bonds. The Morgan fingerprint density at radius 2 is 1.88 bits per heavy atom. The van der Waals surface area contributed by atoms with E-state index in [2.05, 4.69) is 19.2 Å². The van der Waals surface area contributed by atoms with Crippen molar-refractivity contribution in [3.63, 3.8) is 0 Å². The van der Waals surface area contributed by atoms with E-state index in [1.54, 1.807) is 12.1 Å². The zero-order valence-corrected chi connectivity index (χ0v) is 10.8. The first-order valence-electron chi connectivity index (χ1n) is 6.59. The van der Waals surface area contributed by atoms with Crippen LogP contribution in [0.4, 0.5) is 4.39 Å². The predicted octanol–water partition coefficient (Wildman–Crippen LogP) is 3.49. The summed E-state index contributed by atoms with van der Waals surface area (Å²) < 4.78 is 12.9. The van der Waals surface area contributed by atoms with Crippen LogP contribution in [-0.4, -0.2) is 13.1 Å². The molecule has 0 aromatic heterocycles. The topological polar surface area (TPSA) is 12.0 Å². The molecule has 1 aliphatic heterocycles. The van der Waals surface area contributed by atoms with E-state index in [0.29, 0.717) is 0 Å². The molecular formula is C15H22FN. The molecule has 0 spiro atoms. The zero-order chi connectivity index (χ0) is 12.3. The highest BCUT2D eigenvalue weighted by Gasteiger charge is 2.37. The first kappa shape index (κ1) is 12.6. The van der Waals surface area contributed by atoms with Crippen molar-refractivity contribution < 1.29 is 4.39 Å². The molecule has 0 atom stereocenters. The lowest BCUT2D eigenvalue weighted by molar-refractivity contribution is 0.246. The number of hydrogen-bond donors (Lipinski definition) is 1. The molecule has 1 aromatic rings. The third-order valence-corrected chi connectivity index (χ3v) is 3.82. The van der Waals surface area contributed by atoms with Crippen molar-refractivity contribution in [3.05, 3.63) is 35.6 Å². The molecule has 94 valence electrons. The Kier molecular flexibility index (Phi) is 3.82. The molecule has 0 unspecified atom stereocenters. The van der Waals surface area contributed by atoms with Crippen LogP contribution in [0, 0.1) is 11.7 Å². The lowest BCUT2D eigenvalue weighted by Crippen LogP contribution is -2.56. The fourth-order valence-electron chi connectivity index (χ4n) is 2.60. The van der Waals surface area contributed by atoms with Gasteiger partial charge in [0.05, 0.1) is 0 Å². The molecule has 1 nitrogen and oxygen atoms in total. The van der Waals surface area contributed by atoms with Gasteiger partial charge >= 0.3 is 0 Å². The van der Waals surface area contributed by atoms with Crippen LogP contribution >= 0.6 is 0 Å². The smallest absolute Gasteiger partial charge is 0.123 e. The van der Waals surface area contributed by atoms with Crippen LogP contribution in [0.2, 0.25) is 0 Å². The SMILES string of the molecule is CC(C)CCCC1(c2ccc(F)cc2)CNC1. The number of halogens is 1. The summed E-state index contributed by atoms with van der Waals surface area (Å²) in [5.41, 5.74) is 1.56. The van der Waals surface area contributed by atoms with Crippen molar-refractivity contribution >= 4 is 0 Å². The maximum Gasteiger partial charge on any atom is 0.123 e. The summed E-state index contributed by atoms with van der Waals surface area (Å²) in [4.78, 5) is 0. The van der Waals surface area contributed by atoms with Crippen molar-refractivity contribution in [3.8, 4) is 0 Å². The minimum Gasteiger partial charge on any atom is -0.315 e. The quantitative estimate of drug-likeness (QED) is 0.823. The Bertz CT molecular complexity index is 352. The molecule has 2 heteroatoms. The average molecular weight is 235 g/mol. The van der Waals surface area contributed by atoms with E-state index in [4.69, 9.17) is 0 Å². The standard InChI is InChI=1S/C15H22FN/c1-12(2)4-3-9-15(10-17-11-15)13-5-7-14(16)8-6-13/h5-8,12,17H,3-4,9-11H2,1-2H3. The van der Waals surface area contributed by atoms with Crippen LogP contribution in [0.25, 0.3) is 0 Å². The molecule has 1 heterocycles. The van der Waals surface area contributed by atoms with Crippen molar-refractivity contribution in [2.75, 3.05) is 13.1 Å². The summed E-state index contributed by atoms with van der Waals surface area (Å²) >= 11 is 0. The molecule has 1 aliphatic rings. The highest BCUT2D eigenvalue weighted by Crippen LogP contribution is 2.34. The molecule has 2 rings (SSSR count). The largest absolute Gasteiger partial charge is 0.315 e. The number of benzene rings is 1. The minimum absolute atomic E-state index is 0.140. The Morgan fingerprint density at radius 3 is 2.35 bits per heavy atom. The van der Waals surface area contributed by atoms with Crippen LogP contribution in [0.5, 0.6) is 0 Å². The van der Waals surface area contributed by atoms with Gasteiger partial charge in [-0.3, -0.25) is 0 Å². The molecule has 0 radical (unpaired) electrons. The fourth-order valence-corrected chi connectivity index (χ4v) is 2.60. The van der Waals surface area contributed by atoms with Gasteiger partial charge in [-0.1, -0.05) is 38.8 Å². The highest BCUT2D eigenvalue weighted by atomic mass is 19.1. The van der Waals surface area contributed by atoms with Gasteiger partial charge in [0.1, 0.15) is 5.82 Å². The second-order valence-corrected chi connectivity index (χ2v) is 5.68. The summed E-state index contributed by atoms with van der Waals surface area (Å²) in [6.45, 7) is 6.61. The third kappa shape index (κ3) is 2.86. The van der Waals surface area contributed by atoms with E-state index in [0.717, 1.165) is 19.0 Å². The summed E-state index contributed by atoms with van der Waals surface area (Å²) in [5.74, 6) is 0.631.